The Morgan fingerprint density at radius 2 is 1.74 bits per heavy atom. The van der Waals surface area contributed by atoms with Crippen molar-refractivity contribution in [1.29, 1.82) is 0 Å². The third-order valence-corrected chi connectivity index (χ3v) is 4.49. The van der Waals surface area contributed by atoms with Gasteiger partial charge in [-0.05, 0) is 29.8 Å². The first kappa shape index (κ1) is 17.7. The number of hydrogen-bond donors (Lipinski definition) is 2. The number of carbonyl (C=O) groups is 1. The Labute approximate surface area is 142 Å². The summed E-state index contributed by atoms with van der Waals surface area (Å²) < 4.78 is 35.7. The number of nitrogens with two attached hydrogens (primary N) is 1. The largest absolute Gasteiger partial charge is 0.348 e. The Morgan fingerprint density at radius 3 is 2.30 bits per heavy atom. The molecule has 0 atom stereocenters. The number of nitrogens with one attached hydrogen (secondary N) is 1. The maximum atomic E-state index is 13.4. The predicted molar refractivity (Wildman–Crippen MR) is 85.4 cm³/mol. The maximum absolute atomic E-state index is 13.4. The molecule has 9 heteroatoms. The van der Waals surface area contributed by atoms with E-state index in [-0.39, 0.29) is 27.0 Å². The second-order valence-corrected chi connectivity index (χ2v) is 6.99. The molecule has 0 aromatic heterocycles. The number of amides is 1. The summed E-state index contributed by atoms with van der Waals surface area (Å²) in [6.07, 6.45) is 0. The monoisotopic (exact) mass is 376 g/mol. The predicted octanol–water partition coefficient (Wildman–Crippen LogP) is 2.71. The summed E-state index contributed by atoms with van der Waals surface area (Å²) in [7, 11) is -3.77. The summed E-state index contributed by atoms with van der Waals surface area (Å²) >= 11 is 11.4. The van der Waals surface area contributed by atoms with E-state index < -0.39 is 21.7 Å². The first-order valence-electron chi connectivity index (χ1n) is 6.23. The average Bonchev–Trinajstić information content (AvgIpc) is 2.48. The fraction of sp³-hybridized carbons (Fsp3) is 0.0714. The maximum Gasteiger partial charge on any atom is 0.253 e. The van der Waals surface area contributed by atoms with Crippen molar-refractivity contribution in [2.24, 2.45) is 5.14 Å². The molecule has 0 unspecified atom stereocenters. The molecule has 5 nitrogen and oxygen atoms in total. The standard InChI is InChI=1S/C14H11Cl2FN2O3S/c15-11-6-12(16)13(17)5-10(11)14(20)19-7-8-1-3-9(4-2-8)23(18,21)22/h1-6H,7H2,(H,19,20)(H2,18,21,22). The van der Waals surface area contributed by atoms with E-state index in [0.29, 0.717) is 5.56 Å². The zero-order valence-corrected chi connectivity index (χ0v) is 13.8. The van der Waals surface area contributed by atoms with E-state index in [9.17, 15) is 17.6 Å². The molecule has 3 N–H and O–H groups in total. The van der Waals surface area contributed by atoms with Crippen LogP contribution in [0.15, 0.2) is 41.3 Å². The average molecular weight is 377 g/mol. The van der Waals surface area contributed by atoms with Crippen molar-refractivity contribution in [1.82, 2.24) is 5.32 Å². The lowest BCUT2D eigenvalue weighted by Gasteiger charge is -2.08. The SMILES string of the molecule is NS(=O)(=O)c1ccc(CNC(=O)c2cc(F)c(Cl)cc2Cl)cc1. The zero-order valence-electron chi connectivity index (χ0n) is 11.5. The van der Waals surface area contributed by atoms with Gasteiger partial charge in [-0.2, -0.15) is 0 Å². The van der Waals surface area contributed by atoms with E-state index in [4.69, 9.17) is 28.3 Å². The van der Waals surface area contributed by atoms with Gasteiger partial charge in [0.25, 0.3) is 5.91 Å². The van der Waals surface area contributed by atoms with E-state index in [0.717, 1.165) is 12.1 Å². The van der Waals surface area contributed by atoms with E-state index in [1.165, 1.54) is 24.3 Å². The Hall–Kier alpha value is -1.67. The molecule has 0 aliphatic rings. The Balaban J connectivity index is 2.09. The lowest BCUT2D eigenvalue weighted by molar-refractivity contribution is 0.0950. The van der Waals surface area contributed by atoms with Gasteiger partial charge in [0, 0.05) is 6.54 Å². The van der Waals surface area contributed by atoms with E-state index in [2.05, 4.69) is 5.32 Å². The van der Waals surface area contributed by atoms with Crippen LogP contribution in [0.1, 0.15) is 15.9 Å². The first-order chi connectivity index (χ1) is 10.7. The molecule has 2 aromatic carbocycles. The molecule has 23 heavy (non-hydrogen) atoms. The van der Waals surface area contributed by atoms with Crippen molar-refractivity contribution in [3.05, 3.63) is 63.4 Å². The van der Waals surface area contributed by atoms with Crippen molar-refractivity contribution in [2.45, 2.75) is 11.4 Å². The van der Waals surface area contributed by atoms with Crippen LogP contribution in [0.4, 0.5) is 4.39 Å². The number of rotatable bonds is 4. The minimum atomic E-state index is -3.77. The smallest absolute Gasteiger partial charge is 0.253 e. The van der Waals surface area contributed by atoms with Gasteiger partial charge in [-0.1, -0.05) is 35.3 Å². The van der Waals surface area contributed by atoms with Gasteiger partial charge >= 0.3 is 0 Å². The number of benzene rings is 2. The molecule has 1 amide bonds. The van der Waals surface area contributed by atoms with Gasteiger partial charge in [-0.15, -0.1) is 0 Å². The molecule has 0 spiro atoms. The lowest BCUT2D eigenvalue weighted by atomic mass is 10.2. The molecule has 0 fully saturated rings. The molecule has 0 aliphatic heterocycles. The summed E-state index contributed by atoms with van der Waals surface area (Å²) in [6, 6.07) is 7.75. The molecule has 0 heterocycles. The van der Waals surface area contributed by atoms with E-state index in [1.54, 1.807) is 0 Å². The highest BCUT2D eigenvalue weighted by atomic mass is 35.5. The van der Waals surface area contributed by atoms with Crippen molar-refractivity contribution in [2.75, 3.05) is 0 Å². The van der Waals surface area contributed by atoms with Crippen molar-refractivity contribution in [3.8, 4) is 0 Å². The second-order valence-electron chi connectivity index (χ2n) is 4.62. The fourth-order valence-electron chi connectivity index (χ4n) is 1.77. The first-order valence-corrected chi connectivity index (χ1v) is 8.53. The Kier molecular flexibility index (Phi) is 5.26. The fourth-order valence-corrected chi connectivity index (χ4v) is 2.76. The molecule has 0 saturated carbocycles. The zero-order chi connectivity index (χ0) is 17.2. The highest BCUT2D eigenvalue weighted by Crippen LogP contribution is 2.24. The third kappa shape index (κ3) is 4.42. The van der Waals surface area contributed by atoms with Crippen LogP contribution < -0.4 is 10.5 Å². The molecule has 122 valence electrons. The molecule has 0 aliphatic carbocycles. The number of carbonyl (C=O) groups excluding carboxylic acids is 1. The highest BCUT2D eigenvalue weighted by molar-refractivity contribution is 7.89. The number of halogens is 3. The highest BCUT2D eigenvalue weighted by Gasteiger charge is 2.14. The molecule has 2 aromatic rings. The van der Waals surface area contributed by atoms with Gasteiger partial charge < -0.3 is 5.32 Å². The topological polar surface area (TPSA) is 89.3 Å². The van der Waals surface area contributed by atoms with Gasteiger partial charge in [0.15, 0.2) is 0 Å². The van der Waals surface area contributed by atoms with Crippen LogP contribution in [0.25, 0.3) is 0 Å². The van der Waals surface area contributed by atoms with Crippen molar-refractivity contribution < 1.29 is 17.6 Å². The minimum Gasteiger partial charge on any atom is -0.348 e. The van der Waals surface area contributed by atoms with Crippen molar-refractivity contribution >= 4 is 39.1 Å². The summed E-state index contributed by atoms with van der Waals surface area (Å²) in [5, 5.41) is 7.39. The van der Waals surface area contributed by atoms with Crippen molar-refractivity contribution in [3.63, 3.8) is 0 Å². The third-order valence-electron chi connectivity index (χ3n) is 2.96. The number of primary sulfonamides is 1. The number of sulfonamides is 1. The molecular weight excluding hydrogens is 366 g/mol. The Bertz CT molecular complexity index is 855. The molecule has 0 saturated heterocycles. The second kappa shape index (κ2) is 6.84. The Morgan fingerprint density at radius 1 is 1.13 bits per heavy atom. The number of hydrogen-bond acceptors (Lipinski definition) is 3. The van der Waals surface area contributed by atoms with E-state index in [1.807, 2.05) is 0 Å². The summed E-state index contributed by atoms with van der Waals surface area (Å²) in [6.45, 7) is 0.101. The quantitative estimate of drug-likeness (QED) is 0.803. The van der Waals surface area contributed by atoms with E-state index >= 15 is 0 Å². The van der Waals surface area contributed by atoms with Gasteiger partial charge in [0.1, 0.15) is 5.82 Å². The molecular formula is C14H11Cl2FN2O3S. The summed E-state index contributed by atoms with van der Waals surface area (Å²) in [5.41, 5.74) is 0.589. The van der Waals surface area contributed by atoms with Crippen LogP contribution in [0, 0.1) is 5.82 Å². The molecule has 2 rings (SSSR count). The van der Waals surface area contributed by atoms with Crippen LogP contribution in [0.2, 0.25) is 10.0 Å². The van der Waals surface area contributed by atoms with Gasteiger partial charge in [-0.3, -0.25) is 4.79 Å². The van der Waals surface area contributed by atoms with Crippen LogP contribution in [0.3, 0.4) is 0 Å². The van der Waals surface area contributed by atoms with Crippen LogP contribution in [-0.4, -0.2) is 14.3 Å². The minimum absolute atomic E-state index is 0.0264. The lowest BCUT2D eigenvalue weighted by Crippen LogP contribution is -2.23. The van der Waals surface area contributed by atoms with Gasteiger partial charge in [0.2, 0.25) is 10.0 Å². The summed E-state index contributed by atoms with van der Waals surface area (Å²) in [4.78, 5) is 12.0. The van der Waals surface area contributed by atoms with Crippen LogP contribution in [-0.2, 0) is 16.6 Å². The summed E-state index contributed by atoms with van der Waals surface area (Å²) in [5.74, 6) is -1.33. The van der Waals surface area contributed by atoms with Gasteiger partial charge in [-0.25, -0.2) is 17.9 Å². The normalized spacial score (nSPS) is 11.3. The van der Waals surface area contributed by atoms with Gasteiger partial charge in [0.05, 0.1) is 20.5 Å². The molecule has 0 bridgehead atoms. The van der Waals surface area contributed by atoms with Crippen LogP contribution >= 0.6 is 23.2 Å². The molecule has 0 radical (unpaired) electrons. The van der Waals surface area contributed by atoms with Crippen LogP contribution in [0.5, 0.6) is 0 Å².